The second-order valence-corrected chi connectivity index (χ2v) is 4.95. The lowest BCUT2D eigenvalue weighted by molar-refractivity contribution is -0.137. The highest BCUT2D eigenvalue weighted by molar-refractivity contribution is 6.01. The van der Waals surface area contributed by atoms with E-state index in [4.69, 9.17) is 9.68 Å². The van der Waals surface area contributed by atoms with Crippen molar-refractivity contribution < 1.29 is 22.4 Å². The maximum absolute atomic E-state index is 12.8. The number of hydrogen-bond acceptors (Lipinski definition) is 3. The first-order chi connectivity index (χ1) is 11.8. The molecule has 0 fully saturated rings. The maximum Gasteiger partial charge on any atom is 0.416 e. The Balaban J connectivity index is 2.28. The van der Waals surface area contributed by atoms with E-state index in [9.17, 15) is 18.0 Å². The lowest BCUT2D eigenvalue weighted by Gasteiger charge is -2.07. The van der Waals surface area contributed by atoms with Gasteiger partial charge in [0.2, 0.25) is 0 Å². The van der Waals surface area contributed by atoms with Crippen LogP contribution in [0.5, 0.6) is 0 Å². The van der Waals surface area contributed by atoms with Gasteiger partial charge in [0, 0.05) is 18.2 Å². The summed E-state index contributed by atoms with van der Waals surface area (Å²) >= 11 is 0. The van der Waals surface area contributed by atoms with Gasteiger partial charge in [-0.05, 0) is 24.3 Å². The van der Waals surface area contributed by atoms with Crippen molar-refractivity contribution >= 4 is 12.0 Å². The third kappa shape index (κ3) is 4.61. The quantitative estimate of drug-likeness (QED) is 0.502. The van der Waals surface area contributed by atoms with E-state index in [1.807, 2.05) is 0 Å². The number of alkyl halides is 3. The second kappa shape index (κ2) is 7.53. The number of nitrogens with zero attached hydrogens (tertiary/aromatic N) is 1. The maximum atomic E-state index is 12.8. The van der Waals surface area contributed by atoms with Gasteiger partial charge in [-0.3, -0.25) is 4.79 Å². The van der Waals surface area contributed by atoms with Crippen molar-refractivity contribution in [2.24, 2.45) is 0 Å². The Kier molecular flexibility index (Phi) is 5.45. The number of benzene rings is 1. The summed E-state index contributed by atoms with van der Waals surface area (Å²) in [5.74, 6) is -0.224. The van der Waals surface area contributed by atoms with Crippen LogP contribution in [0.3, 0.4) is 0 Å². The first-order valence-electron chi connectivity index (χ1n) is 7.13. The van der Waals surface area contributed by atoms with E-state index in [-0.39, 0.29) is 29.2 Å². The number of furan rings is 1. The Bertz CT molecular complexity index is 858. The summed E-state index contributed by atoms with van der Waals surface area (Å²) in [4.78, 5) is 11.8. The first-order valence-corrected chi connectivity index (χ1v) is 7.13. The first kappa shape index (κ1) is 18.1. The number of carbonyl (C=O) groups is 1. The number of nitriles is 1. The van der Waals surface area contributed by atoms with Gasteiger partial charge < -0.3 is 9.73 Å². The zero-order chi connectivity index (χ0) is 18.4. The third-order valence-electron chi connectivity index (χ3n) is 3.16. The predicted octanol–water partition coefficient (Wildman–Crippen LogP) is 4.17. The summed E-state index contributed by atoms with van der Waals surface area (Å²) in [6, 6.07) is 9.36. The van der Waals surface area contributed by atoms with Crippen LogP contribution >= 0.6 is 0 Å². The molecule has 1 aromatic heterocycles. The number of hydrogen-bond donors (Lipinski definition) is 1. The summed E-state index contributed by atoms with van der Waals surface area (Å²) in [7, 11) is 0. The molecule has 0 aliphatic rings. The molecule has 0 saturated carbocycles. The zero-order valence-corrected chi connectivity index (χ0v) is 12.9. The minimum atomic E-state index is -4.46. The van der Waals surface area contributed by atoms with E-state index in [1.165, 1.54) is 36.4 Å². The summed E-state index contributed by atoms with van der Waals surface area (Å²) in [5, 5.41) is 11.5. The van der Waals surface area contributed by atoms with Crippen LogP contribution in [0.1, 0.15) is 11.3 Å². The zero-order valence-electron chi connectivity index (χ0n) is 12.9. The van der Waals surface area contributed by atoms with Gasteiger partial charge in [-0.15, -0.1) is 6.58 Å². The molecule has 0 radical (unpaired) electrons. The molecule has 0 aliphatic carbocycles. The third-order valence-corrected chi connectivity index (χ3v) is 3.16. The van der Waals surface area contributed by atoms with Crippen LogP contribution in [0.25, 0.3) is 17.4 Å². The van der Waals surface area contributed by atoms with Crippen molar-refractivity contribution in [2.45, 2.75) is 6.18 Å². The van der Waals surface area contributed by atoms with E-state index >= 15 is 0 Å². The molecule has 2 aromatic rings. The van der Waals surface area contributed by atoms with Gasteiger partial charge in [0.1, 0.15) is 23.2 Å². The Morgan fingerprint density at radius 3 is 2.72 bits per heavy atom. The molecule has 1 amide bonds. The van der Waals surface area contributed by atoms with E-state index in [2.05, 4.69) is 11.9 Å². The molecule has 2 rings (SSSR count). The Hall–Kier alpha value is -3.27. The number of carbonyl (C=O) groups excluding carboxylic acids is 1. The van der Waals surface area contributed by atoms with Crippen LogP contribution in [-0.2, 0) is 11.0 Å². The number of nitrogens with one attached hydrogen (secondary N) is 1. The molecule has 0 aliphatic heterocycles. The Morgan fingerprint density at radius 2 is 2.08 bits per heavy atom. The van der Waals surface area contributed by atoms with Crippen molar-refractivity contribution in [1.29, 1.82) is 5.26 Å². The average molecular weight is 346 g/mol. The summed E-state index contributed by atoms with van der Waals surface area (Å²) < 4.78 is 43.7. The molecule has 0 spiro atoms. The summed E-state index contributed by atoms with van der Waals surface area (Å²) in [6.07, 6.45) is -1.77. The molecule has 7 heteroatoms. The van der Waals surface area contributed by atoms with Crippen molar-refractivity contribution in [3.8, 4) is 17.4 Å². The lowest BCUT2D eigenvalue weighted by atomic mass is 10.1. The molecule has 0 unspecified atom stereocenters. The van der Waals surface area contributed by atoms with Gasteiger partial charge in [-0.25, -0.2) is 0 Å². The van der Waals surface area contributed by atoms with E-state index in [0.29, 0.717) is 0 Å². The van der Waals surface area contributed by atoms with E-state index < -0.39 is 17.6 Å². The molecule has 0 atom stereocenters. The molecule has 1 heterocycles. The topological polar surface area (TPSA) is 66.0 Å². The SMILES string of the molecule is C=CCNC(=O)C(C#N)=Cc1ccc(-c2cccc(C(F)(F)F)c2)o1. The molecule has 4 nitrogen and oxygen atoms in total. The minimum absolute atomic E-state index is 0.178. The van der Waals surface area contributed by atoms with E-state index in [1.54, 1.807) is 6.07 Å². The smallest absolute Gasteiger partial charge is 0.416 e. The highest BCUT2D eigenvalue weighted by Crippen LogP contribution is 2.32. The number of halogens is 3. The van der Waals surface area contributed by atoms with Gasteiger partial charge in [0.05, 0.1) is 5.56 Å². The molecule has 0 saturated heterocycles. The van der Waals surface area contributed by atoms with Gasteiger partial charge in [-0.2, -0.15) is 18.4 Å². The number of rotatable bonds is 5. The second-order valence-electron chi connectivity index (χ2n) is 4.95. The predicted molar refractivity (Wildman–Crippen MR) is 85.9 cm³/mol. The van der Waals surface area contributed by atoms with Crippen LogP contribution < -0.4 is 5.32 Å². The average Bonchev–Trinajstić information content (AvgIpc) is 3.05. The fraction of sp³-hybridized carbons (Fsp3) is 0.111. The van der Waals surface area contributed by atoms with Crippen LogP contribution in [0.15, 0.2) is 59.0 Å². The molecular weight excluding hydrogens is 333 g/mol. The summed E-state index contributed by atoms with van der Waals surface area (Å²) in [5.41, 5.74) is -0.740. The monoisotopic (exact) mass is 346 g/mol. The molecule has 0 bridgehead atoms. The molecule has 25 heavy (non-hydrogen) atoms. The molecular formula is C18H13F3N2O2. The van der Waals surface area contributed by atoms with Gasteiger partial charge >= 0.3 is 6.18 Å². The van der Waals surface area contributed by atoms with Crippen LogP contribution in [0, 0.1) is 11.3 Å². The molecule has 128 valence electrons. The van der Waals surface area contributed by atoms with Crippen molar-refractivity contribution in [3.63, 3.8) is 0 Å². The minimum Gasteiger partial charge on any atom is -0.457 e. The molecule has 1 aromatic carbocycles. The fourth-order valence-electron chi connectivity index (χ4n) is 1.99. The van der Waals surface area contributed by atoms with Gasteiger partial charge in [0.25, 0.3) is 5.91 Å². The van der Waals surface area contributed by atoms with Crippen molar-refractivity contribution in [3.05, 3.63) is 65.9 Å². The highest BCUT2D eigenvalue weighted by Gasteiger charge is 2.30. The van der Waals surface area contributed by atoms with Crippen molar-refractivity contribution in [2.75, 3.05) is 6.54 Å². The normalized spacial score (nSPS) is 11.7. The fourth-order valence-corrected chi connectivity index (χ4v) is 1.99. The number of amides is 1. The van der Waals surface area contributed by atoms with Gasteiger partial charge in [-0.1, -0.05) is 18.2 Å². The lowest BCUT2D eigenvalue weighted by Crippen LogP contribution is -2.24. The largest absolute Gasteiger partial charge is 0.457 e. The van der Waals surface area contributed by atoms with Crippen LogP contribution in [0.2, 0.25) is 0 Å². The van der Waals surface area contributed by atoms with Crippen molar-refractivity contribution in [1.82, 2.24) is 5.32 Å². The highest BCUT2D eigenvalue weighted by atomic mass is 19.4. The molecule has 1 N–H and O–H groups in total. The Morgan fingerprint density at radius 1 is 1.32 bits per heavy atom. The van der Waals surface area contributed by atoms with Crippen LogP contribution in [0.4, 0.5) is 13.2 Å². The van der Waals surface area contributed by atoms with Crippen LogP contribution in [-0.4, -0.2) is 12.5 Å². The van der Waals surface area contributed by atoms with Gasteiger partial charge in [0.15, 0.2) is 0 Å². The Labute approximate surface area is 141 Å². The summed E-state index contributed by atoms with van der Waals surface area (Å²) in [6.45, 7) is 3.65. The standard InChI is InChI=1S/C18H13F3N2O2/c1-2-8-23-17(24)13(11-22)10-15-6-7-16(25-15)12-4-3-5-14(9-12)18(19,20)21/h2-7,9-10H,1,8H2,(H,23,24). The van der Waals surface area contributed by atoms with E-state index in [0.717, 1.165) is 12.1 Å².